The summed E-state index contributed by atoms with van der Waals surface area (Å²) in [5.41, 5.74) is 0.966. The summed E-state index contributed by atoms with van der Waals surface area (Å²) in [6.45, 7) is -0.0854. The summed E-state index contributed by atoms with van der Waals surface area (Å²) in [5.74, 6) is 0.952. The first-order chi connectivity index (χ1) is 12.9. The van der Waals surface area contributed by atoms with Gasteiger partial charge in [0, 0.05) is 18.7 Å². The number of nitrogens with zero attached hydrogens (tertiary/aromatic N) is 2. The van der Waals surface area contributed by atoms with Crippen LogP contribution in [0.3, 0.4) is 0 Å². The Morgan fingerprint density at radius 2 is 1.89 bits per heavy atom. The Bertz CT molecular complexity index is 1020. The number of carbonyl (C=O) groups is 1. The average Bonchev–Trinajstić information content (AvgIpc) is 2.93. The molecule has 3 rings (SSSR count). The third-order valence-corrected chi connectivity index (χ3v) is 5.36. The van der Waals surface area contributed by atoms with Gasteiger partial charge in [-0.2, -0.15) is 8.42 Å². The van der Waals surface area contributed by atoms with Crippen molar-refractivity contribution in [3.05, 3.63) is 48.0 Å². The summed E-state index contributed by atoms with van der Waals surface area (Å²) in [7, 11) is 0.910. The molecular weight excluding hydrogens is 370 g/mol. The van der Waals surface area contributed by atoms with Crippen LogP contribution < -0.4 is 14.8 Å². The van der Waals surface area contributed by atoms with Gasteiger partial charge in [0.25, 0.3) is 10.0 Å². The number of benzene rings is 2. The summed E-state index contributed by atoms with van der Waals surface area (Å²) in [4.78, 5) is 14.1. The summed E-state index contributed by atoms with van der Waals surface area (Å²) in [6.07, 6.45) is 0. The molecule has 0 aromatic heterocycles. The lowest BCUT2D eigenvalue weighted by molar-refractivity contribution is -0.116. The molecular formula is C18H19N3O5S. The second kappa shape index (κ2) is 7.28. The van der Waals surface area contributed by atoms with Crippen LogP contribution in [0.2, 0.25) is 0 Å². The van der Waals surface area contributed by atoms with E-state index in [-0.39, 0.29) is 23.2 Å². The average molecular weight is 389 g/mol. The Labute approximate surface area is 157 Å². The molecule has 27 heavy (non-hydrogen) atoms. The maximum absolute atomic E-state index is 12.4. The van der Waals surface area contributed by atoms with Crippen molar-refractivity contribution in [3.8, 4) is 11.5 Å². The van der Waals surface area contributed by atoms with E-state index in [0.29, 0.717) is 22.7 Å². The SMILES string of the molecule is COc1ccc(NC(=O)CN(C)C2=NS(=O)(=O)c3ccccc32)c(OC)c1. The van der Waals surface area contributed by atoms with Gasteiger partial charge in [0.05, 0.1) is 26.5 Å². The minimum Gasteiger partial charge on any atom is -0.497 e. The van der Waals surface area contributed by atoms with Gasteiger partial charge in [-0.25, -0.2) is 0 Å². The van der Waals surface area contributed by atoms with E-state index >= 15 is 0 Å². The molecule has 0 saturated carbocycles. The van der Waals surface area contributed by atoms with Gasteiger partial charge in [-0.15, -0.1) is 4.40 Å². The zero-order chi connectivity index (χ0) is 19.6. The van der Waals surface area contributed by atoms with E-state index in [2.05, 4.69) is 9.71 Å². The molecule has 1 N–H and O–H groups in total. The maximum atomic E-state index is 12.4. The molecule has 9 heteroatoms. The van der Waals surface area contributed by atoms with Gasteiger partial charge in [0.1, 0.15) is 16.4 Å². The molecule has 0 fully saturated rings. The van der Waals surface area contributed by atoms with Crippen LogP contribution in [-0.2, 0) is 14.8 Å². The van der Waals surface area contributed by atoms with E-state index in [9.17, 15) is 13.2 Å². The number of hydrogen-bond donors (Lipinski definition) is 1. The number of likely N-dealkylation sites (N-methyl/N-ethyl adjacent to an activating group) is 1. The third-order valence-electron chi connectivity index (χ3n) is 4.04. The van der Waals surface area contributed by atoms with Crippen LogP contribution in [0.15, 0.2) is 51.8 Å². The maximum Gasteiger partial charge on any atom is 0.285 e. The number of anilines is 1. The largest absolute Gasteiger partial charge is 0.497 e. The predicted molar refractivity (Wildman–Crippen MR) is 101 cm³/mol. The Morgan fingerprint density at radius 1 is 1.15 bits per heavy atom. The van der Waals surface area contributed by atoms with Crippen molar-refractivity contribution in [2.45, 2.75) is 4.90 Å². The number of carbonyl (C=O) groups excluding carboxylic acids is 1. The van der Waals surface area contributed by atoms with E-state index in [0.717, 1.165) is 0 Å². The third kappa shape index (κ3) is 3.72. The fourth-order valence-corrected chi connectivity index (χ4v) is 4.00. The molecule has 1 aliphatic heterocycles. The highest BCUT2D eigenvalue weighted by molar-refractivity contribution is 7.90. The van der Waals surface area contributed by atoms with Gasteiger partial charge in [-0.05, 0) is 24.3 Å². The first-order valence-corrected chi connectivity index (χ1v) is 9.47. The molecule has 0 atom stereocenters. The number of amidine groups is 1. The molecule has 2 aromatic rings. The first-order valence-electron chi connectivity index (χ1n) is 8.03. The zero-order valence-corrected chi connectivity index (χ0v) is 15.9. The van der Waals surface area contributed by atoms with E-state index < -0.39 is 10.0 Å². The number of hydrogen-bond acceptors (Lipinski definition) is 6. The van der Waals surface area contributed by atoms with Crippen LogP contribution >= 0.6 is 0 Å². The molecule has 0 saturated heterocycles. The smallest absolute Gasteiger partial charge is 0.285 e. The molecule has 8 nitrogen and oxygen atoms in total. The lowest BCUT2D eigenvalue weighted by atomic mass is 10.2. The van der Waals surface area contributed by atoms with Crippen molar-refractivity contribution in [2.24, 2.45) is 4.40 Å². The van der Waals surface area contributed by atoms with E-state index in [4.69, 9.17) is 9.47 Å². The van der Waals surface area contributed by atoms with Gasteiger partial charge in [-0.1, -0.05) is 12.1 Å². The highest BCUT2D eigenvalue weighted by Gasteiger charge is 2.30. The van der Waals surface area contributed by atoms with E-state index in [1.807, 2.05) is 0 Å². The first kappa shape index (κ1) is 18.7. The molecule has 0 aliphatic carbocycles. The summed E-state index contributed by atoms with van der Waals surface area (Å²) >= 11 is 0. The summed E-state index contributed by atoms with van der Waals surface area (Å²) < 4.78 is 38.5. The number of sulfonamides is 1. The Balaban J connectivity index is 1.76. The topological polar surface area (TPSA) is 97.3 Å². The molecule has 0 radical (unpaired) electrons. The van der Waals surface area contributed by atoms with Crippen LogP contribution in [0.1, 0.15) is 5.56 Å². The Kier molecular flexibility index (Phi) is 5.04. The van der Waals surface area contributed by atoms with Crippen LogP contribution in [0.5, 0.6) is 11.5 Å². The predicted octanol–water partition coefficient (Wildman–Crippen LogP) is 1.72. The molecule has 142 valence electrons. The Morgan fingerprint density at radius 3 is 2.59 bits per heavy atom. The fraction of sp³-hybridized carbons (Fsp3) is 0.222. The lowest BCUT2D eigenvalue weighted by Gasteiger charge is -2.19. The number of rotatable bonds is 5. The monoisotopic (exact) mass is 389 g/mol. The lowest BCUT2D eigenvalue weighted by Crippen LogP contribution is -2.34. The van der Waals surface area contributed by atoms with Gasteiger partial charge in [0.15, 0.2) is 5.84 Å². The Hall–Kier alpha value is -3.07. The molecule has 0 spiro atoms. The quantitative estimate of drug-likeness (QED) is 0.836. The van der Waals surface area contributed by atoms with Crippen LogP contribution in [-0.4, -0.2) is 52.9 Å². The van der Waals surface area contributed by atoms with Crippen molar-refractivity contribution in [2.75, 3.05) is 33.1 Å². The van der Waals surface area contributed by atoms with Crippen molar-refractivity contribution in [1.82, 2.24) is 4.90 Å². The van der Waals surface area contributed by atoms with Crippen molar-refractivity contribution < 1.29 is 22.7 Å². The van der Waals surface area contributed by atoms with Crippen LogP contribution in [0, 0.1) is 0 Å². The second-order valence-corrected chi connectivity index (χ2v) is 7.43. The van der Waals surface area contributed by atoms with Crippen molar-refractivity contribution in [3.63, 3.8) is 0 Å². The zero-order valence-electron chi connectivity index (χ0n) is 15.1. The van der Waals surface area contributed by atoms with Crippen molar-refractivity contribution >= 4 is 27.5 Å². The van der Waals surface area contributed by atoms with Gasteiger partial charge >= 0.3 is 0 Å². The summed E-state index contributed by atoms with van der Waals surface area (Å²) in [6, 6.07) is 11.6. The van der Waals surface area contributed by atoms with E-state index in [1.165, 1.54) is 25.2 Å². The number of amides is 1. The highest BCUT2D eigenvalue weighted by atomic mass is 32.2. The van der Waals surface area contributed by atoms with Gasteiger partial charge < -0.3 is 19.7 Å². The fourth-order valence-electron chi connectivity index (χ4n) is 2.75. The van der Waals surface area contributed by atoms with E-state index in [1.54, 1.807) is 43.4 Å². The minimum atomic E-state index is -3.73. The van der Waals surface area contributed by atoms with Crippen molar-refractivity contribution in [1.29, 1.82) is 0 Å². The molecule has 1 heterocycles. The van der Waals surface area contributed by atoms with Crippen LogP contribution in [0.4, 0.5) is 5.69 Å². The number of nitrogens with one attached hydrogen (secondary N) is 1. The normalized spacial score (nSPS) is 14.1. The molecule has 1 amide bonds. The molecule has 0 bridgehead atoms. The molecule has 0 unspecified atom stereocenters. The van der Waals surface area contributed by atoms with Gasteiger partial charge in [0.2, 0.25) is 5.91 Å². The minimum absolute atomic E-state index is 0.0854. The van der Waals surface area contributed by atoms with Gasteiger partial charge in [-0.3, -0.25) is 4.79 Å². The summed E-state index contributed by atoms with van der Waals surface area (Å²) in [5, 5.41) is 2.75. The molecule has 1 aliphatic rings. The standard InChI is InChI=1S/C18H19N3O5S/c1-21(18-13-6-4-5-7-16(13)27(23,24)20-18)11-17(22)19-14-9-8-12(25-2)10-15(14)26-3/h4-10H,11H2,1-3H3,(H,19,22). The molecule has 2 aromatic carbocycles. The second-order valence-electron chi connectivity index (χ2n) is 5.86. The number of fused-ring (bicyclic) bond motifs is 1. The number of methoxy groups -OCH3 is 2. The number of ether oxygens (including phenoxy) is 2. The van der Waals surface area contributed by atoms with Crippen LogP contribution in [0.25, 0.3) is 0 Å². The highest BCUT2D eigenvalue weighted by Crippen LogP contribution is 2.29.